The molecule has 1 saturated heterocycles. The van der Waals surface area contributed by atoms with Gasteiger partial charge in [0, 0.05) is 73.9 Å². The van der Waals surface area contributed by atoms with Crippen LogP contribution in [0.25, 0.3) is 27.8 Å². The van der Waals surface area contributed by atoms with Crippen molar-refractivity contribution in [2.24, 2.45) is 12.5 Å². The second kappa shape index (κ2) is 9.60. The van der Waals surface area contributed by atoms with Crippen molar-refractivity contribution in [3.63, 3.8) is 0 Å². The highest BCUT2D eigenvalue weighted by Gasteiger charge is 2.38. The minimum absolute atomic E-state index is 0.200. The molecule has 0 unspecified atom stereocenters. The number of likely N-dealkylation sites (tertiary alicyclic amines) is 1. The van der Waals surface area contributed by atoms with Crippen molar-refractivity contribution in [3.05, 3.63) is 54.7 Å². The number of nitrogens with one attached hydrogen (secondary N) is 1. The van der Waals surface area contributed by atoms with Crippen LogP contribution in [-0.4, -0.2) is 54.3 Å². The molecule has 1 amide bonds. The van der Waals surface area contributed by atoms with Crippen LogP contribution in [0.3, 0.4) is 0 Å². The van der Waals surface area contributed by atoms with E-state index in [2.05, 4.69) is 33.7 Å². The molecule has 9 heteroatoms. The van der Waals surface area contributed by atoms with E-state index in [1.54, 1.807) is 22.3 Å². The lowest BCUT2D eigenvalue weighted by Crippen LogP contribution is -2.44. The van der Waals surface area contributed by atoms with Gasteiger partial charge in [-0.25, -0.2) is 9.50 Å². The molecule has 4 aromatic heterocycles. The van der Waals surface area contributed by atoms with Crippen LogP contribution in [0.4, 0.5) is 5.82 Å². The Balaban J connectivity index is 1.18. The molecule has 2 fully saturated rings. The van der Waals surface area contributed by atoms with Gasteiger partial charge in [0.1, 0.15) is 11.9 Å². The molecule has 5 heterocycles. The Morgan fingerprint density at radius 2 is 1.82 bits per heavy atom. The lowest BCUT2D eigenvalue weighted by Gasteiger charge is -2.46. The van der Waals surface area contributed by atoms with Crippen LogP contribution < -0.4 is 5.32 Å². The van der Waals surface area contributed by atoms with E-state index < -0.39 is 0 Å². The molecule has 1 aliphatic carbocycles. The molecule has 9 nitrogen and oxygen atoms in total. The Hall–Kier alpha value is -4.19. The number of aromatic nitrogens is 5. The third kappa shape index (κ3) is 4.51. The zero-order valence-corrected chi connectivity index (χ0v) is 21.9. The van der Waals surface area contributed by atoms with E-state index in [1.807, 2.05) is 42.8 Å². The standard InChI is InChI=1S/C29H32N8O/c1-20(38)36-11-9-29(10-12-36)7-5-25(6-8-29)34-27-4-3-21(15-31-27)26-13-22(24-17-32-35(2)18-24)19-37-28(26)23(14-30)16-33-37/h3-4,13,15-19,25H,5-12H2,1-2H3,(H,31,34). The summed E-state index contributed by atoms with van der Waals surface area (Å²) >= 11 is 0. The molecular weight excluding hydrogens is 476 g/mol. The maximum Gasteiger partial charge on any atom is 0.219 e. The van der Waals surface area contributed by atoms with Crippen molar-refractivity contribution < 1.29 is 4.79 Å². The smallest absolute Gasteiger partial charge is 0.219 e. The van der Waals surface area contributed by atoms with Crippen molar-refractivity contribution in [2.75, 3.05) is 18.4 Å². The highest BCUT2D eigenvalue weighted by Crippen LogP contribution is 2.45. The molecule has 0 radical (unpaired) electrons. The van der Waals surface area contributed by atoms with Gasteiger partial charge in [0.25, 0.3) is 0 Å². The first-order valence-corrected chi connectivity index (χ1v) is 13.3. The summed E-state index contributed by atoms with van der Waals surface area (Å²) in [4.78, 5) is 18.4. The SMILES string of the molecule is CC(=O)N1CCC2(CCC(Nc3ccc(-c4cc(-c5cnn(C)c5)cn5ncc(C#N)c45)cn3)CC2)CC1. The molecule has 38 heavy (non-hydrogen) atoms. The van der Waals surface area contributed by atoms with E-state index in [0.717, 1.165) is 72.4 Å². The first kappa shape index (κ1) is 24.2. The molecule has 6 rings (SSSR count). The minimum Gasteiger partial charge on any atom is -0.367 e. The fourth-order valence-electron chi connectivity index (χ4n) is 6.17. The van der Waals surface area contributed by atoms with E-state index in [0.29, 0.717) is 17.0 Å². The molecule has 0 bridgehead atoms. The number of aryl methyl sites for hydroxylation is 1. The fraction of sp³-hybridized carbons (Fsp3) is 0.414. The summed E-state index contributed by atoms with van der Waals surface area (Å²) in [6.07, 6.45) is 16.1. The van der Waals surface area contributed by atoms with Crippen molar-refractivity contribution in [3.8, 4) is 28.3 Å². The lowest BCUT2D eigenvalue weighted by molar-refractivity contribution is -0.131. The Kier molecular flexibility index (Phi) is 6.10. The number of carbonyl (C=O) groups is 1. The zero-order chi connectivity index (χ0) is 26.3. The van der Waals surface area contributed by atoms with Gasteiger partial charge in [0.05, 0.1) is 23.5 Å². The molecule has 1 N–H and O–H groups in total. The minimum atomic E-state index is 0.200. The number of nitrogens with zero attached hydrogens (tertiary/aromatic N) is 7. The topological polar surface area (TPSA) is 104 Å². The van der Waals surface area contributed by atoms with E-state index in [1.165, 1.54) is 12.8 Å². The highest BCUT2D eigenvalue weighted by atomic mass is 16.2. The normalized spacial score (nSPS) is 17.6. The first-order valence-electron chi connectivity index (χ1n) is 13.3. The van der Waals surface area contributed by atoms with Gasteiger partial charge in [-0.05, 0) is 62.1 Å². The number of amides is 1. The Bertz CT molecular complexity index is 1510. The van der Waals surface area contributed by atoms with Gasteiger partial charge >= 0.3 is 0 Å². The summed E-state index contributed by atoms with van der Waals surface area (Å²) in [5, 5.41) is 22.1. The van der Waals surface area contributed by atoms with Crippen LogP contribution in [0.15, 0.2) is 49.2 Å². The van der Waals surface area contributed by atoms with Gasteiger partial charge in [-0.3, -0.25) is 9.48 Å². The molecule has 4 aromatic rings. The molecule has 1 saturated carbocycles. The molecule has 1 aliphatic heterocycles. The van der Waals surface area contributed by atoms with Gasteiger partial charge in [-0.1, -0.05) is 0 Å². The second-order valence-corrected chi connectivity index (χ2v) is 10.9. The van der Waals surface area contributed by atoms with Crippen LogP contribution in [0.2, 0.25) is 0 Å². The van der Waals surface area contributed by atoms with Crippen molar-refractivity contribution in [1.82, 2.24) is 29.3 Å². The largest absolute Gasteiger partial charge is 0.367 e. The molecule has 1 spiro atoms. The van der Waals surface area contributed by atoms with Gasteiger partial charge in [-0.15, -0.1) is 0 Å². The number of piperidine rings is 1. The fourth-order valence-corrected chi connectivity index (χ4v) is 6.17. The summed E-state index contributed by atoms with van der Waals surface area (Å²) < 4.78 is 3.54. The molecule has 0 atom stereocenters. The molecule has 194 valence electrons. The third-order valence-corrected chi connectivity index (χ3v) is 8.51. The summed E-state index contributed by atoms with van der Waals surface area (Å²) in [6.45, 7) is 3.47. The third-order valence-electron chi connectivity index (χ3n) is 8.51. The summed E-state index contributed by atoms with van der Waals surface area (Å²) in [5.41, 5.74) is 5.51. The second-order valence-electron chi connectivity index (χ2n) is 10.9. The average Bonchev–Trinajstić information content (AvgIpc) is 3.56. The summed E-state index contributed by atoms with van der Waals surface area (Å²) in [6, 6.07) is 8.85. The monoisotopic (exact) mass is 508 g/mol. The van der Waals surface area contributed by atoms with Gasteiger partial charge in [0.15, 0.2) is 0 Å². The number of carbonyl (C=O) groups excluding carboxylic acids is 1. The van der Waals surface area contributed by atoms with Crippen LogP contribution in [-0.2, 0) is 11.8 Å². The predicted molar refractivity (Wildman–Crippen MR) is 145 cm³/mol. The maximum absolute atomic E-state index is 11.7. The number of anilines is 1. The van der Waals surface area contributed by atoms with E-state index >= 15 is 0 Å². The van der Waals surface area contributed by atoms with Crippen LogP contribution >= 0.6 is 0 Å². The number of nitriles is 1. The van der Waals surface area contributed by atoms with Crippen molar-refractivity contribution >= 4 is 17.2 Å². The van der Waals surface area contributed by atoms with E-state index in [-0.39, 0.29) is 5.91 Å². The zero-order valence-electron chi connectivity index (χ0n) is 21.9. The van der Waals surface area contributed by atoms with E-state index in [4.69, 9.17) is 4.98 Å². The van der Waals surface area contributed by atoms with Gasteiger partial charge in [0.2, 0.25) is 5.91 Å². The number of rotatable bonds is 4. The number of fused-ring (bicyclic) bond motifs is 1. The lowest BCUT2D eigenvalue weighted by atomic mass is 9.67. The molecular formula is C29H32N8O. The van der Waals surface area contributed by atoms with Crippen LogP contribution in [0.5, 0.6) is 0 Å². The molecule has 0 aromatic carbocycles. The summed E-state index contributed by atoms with van der Waals surface area (Å²) in [7, 11) is 1.89. The Labute approximate surface area is 222 Å². The van der Waals surface area contributed by atoms with Gasteiger partial charge in [-0.2, -0.15) is 15.5 Å². The van der Waals surface area contributed by atoms with E-state index in [9.17, 15) is 10.1 Å². The van der Waals surface area contributed by atoms with Crippen LogP contribution in [0, 0.1) is 16.7 Å². The highest BCUT2D eigenvalue weighted by molar-refractivity contribution is 5.87. The van der Waals surface area contributed by atoms with Crippen LogP contribution in [0.1, 0.15) is 51.0 Å². The predicted octanol–water partition coefficient (Wildman–Crippen LogP) is 4.65. The number of hydrogen-bond acceptors (Lipinski definition) is 6. The Morgan fingerprint density at radius 3 is 2.45 bits per heavy atom. The Morgan fingerprint density at radius 1 is 1.03 bits per heavy atom. The van der Waals surface area contributed by atoms with Crippen molar-refractivity contribution in [1.29, 1.82) is 5.26 Å². The quantitative estimate of drug-likeness (QED) is 0.430. The number of hydrogen-bond donors (Lipinski definition) is 1. The summed E-state index contributed by atoms with van der Waals surface area (Å²) in [5.74, 6) is 1.07. The van der Waals surface area contributed by atoms with Crippen molar-refractivity contribution in [2.45, 2.75) is 51.5 Å². The molecule has 2 aliphatic rings. The maximum atomic E-state index is 11.7. The number of pyridine rings is 2. The van der Waals surface area contributed by atoms with Gasteiger partial charge < -0.3 is 10.2 Å². The first-order chi connectivity index (χ1) is 18.4. The average molecular weight is 509 g/mol.